The molecular formula is C5H13N2O2-. The number of nitrogens with zero attached hydrogens (tertiary/aromatic N) is 2. The molecular weight excluding hydrogens is 120 g/mol. The molecule has 4 nitrogen and oxygen atoms in total. The van der Waals surface area contributed by atoms with E-state index in [9.17, 15) is 10.4 Å². The highest BCUT2D eigenvalue weighted by Crippen LogP contribution is 2.00. The van der Waals surface area contributed by atoms with Gasteiger partial charge < -0.3 is 10.4 Å². The first-order valence-corrected chi connectivity index (χ1v) is 2.98. The molecule has 4 heteroatoms. The van der Waals surface area contributed by atoms with Gasteiger partial charge in [0.2, 0.25) is 0 Å². The van der Waals surface area contributed by atoms with Crippen molar-refractivity contribution in [1.82, 2.24) is 5.17 Å². The van der Waals surface area contributed by atoms with Gasteiger partial charge in [-0.2, -0.15) is 0 Å². The van der Waals surface area contributed by atoms with Crippen molar-refractivity contribution in [3.05, 3.63) is 10.4 Å². The summed E-state index contributed by atoms with van der Waals surface area (Å²) in [6, 6.07) is 0. The van der Waals surface area contributed by atoms with Gasteiger partial charge in [-0.3, -0.25) is 4.76 Å². The molecule has 0 rings (SSSR count). The predicted octanol–water partition coefficient (Wildman–Crippen LogP) is 0.685. The quantitative estimate of drug-likeness (QED) is 0.420. The summed E-state index contributed by atoms with van der Waals surface area (Å²) < 4.78 is -0.881. The normalized spacial score (nSPS) is 12.7. The SMILES string of the molecule is CCCN([O-])[N+](C)(C)[O-]. The summed E-state index contributed by atoms with van der Waals surface area (Å²) >= 11 is 0. The molecule has 0 aliphatic carbocycles. The number of hydrogen-bond donors (Lipinski definition) is 0. The predicted molar refractivity (Wildman–Crippen MR) is 35.8 cm³/mol. The average molecular weight is 133 g/mol. The van der Waals surface area contributed by atoms with E-state index in [2.05, 4.69) is 0 Å². The Hall–Kier alpha value is -0.160. The molecule has 0 saturated heterocycles. The molecule has 0 saturated carbocycles. The summed E-state index contributed by atoms with van der Waals surface area (Å²) in [5.41, 5.74) is 0. The van der Waals surface area contributed by atoms with Crippen LogP contribution in [0.3, 0.4) is 0 Å². The summed E-state index contributed by atoms with van der Waals surface area (Å²) in [7, 11) is 2.62. The number of quaternary nitrogens is 1. The molecule has 0 unspecified atom stereocenters. The van der Waals surface area contributed by atoms with Gasteiger partial charge >= 0.3 is 0 Å². The fraction of sp³-hybridized carbons (Fsp3) is 1.00. The maximum absolute atomic E-state index is 10.7. The van der Waals surface area contributed by atoms with Gasteiger partial charge in [0.15, 0.2) is 0 Å². The lowest BCUT2D eigenvalue weighted by Gasteiger charge is -2.47. The van der Waals surface area contributed by atoms with Crippen molar-refractivity contribution in [2.75, 3.05) is 20.6 Å². The van der Waals surface area contributed by atoms with E-state index in [1.54, 1.807) is 0 Å². The Balaban J connectivity index is 3.59. The Kier molecular flexibility index (Phi) is 3.07. The molecule has 0 aromatic carbocycles. The highest BCUT2D eigenvalue weighted by molar-refractivity contribution is 4.41. The number of hydroxylamine groups is 3. The zero-order chi connectivity index (χ0) is 7.49. The fourth-order valence-corrected chi connectivity index (χ4v) is 0.432. The van der Waals surface area contributed by atoms with Gasteiger partial charge in [-0.1, -0.05) is 6.92 Å². The minimum atomic E-state index is -0.881. The van der Waals surface area contributed by atoms with E-state index in [1.165, 1.54) is 14.1 Å². The number of hydrogen-bond acceptors (Lipinski definition) is 3. The van der Waals surface area contributed by atoms with E-state index in [0.29, 0.717) is 18.1 Å². The molecule has 0 atom stereocenters. The van der Waals surface area contributed by atoms with Crippen LogP contribution in [-0.2, 0) is 0 Å². The van der Waals surface area contributed by atoms with E-state index >= 15 is 0 Å². The van der Waals surface area contributed by atoms with Crippen LogP contribution < -0.4 is 0 Å². The van der Waals surface area contributed by atoms with Gasteiger partial charge in [-0.15, -0.1) is 0 Å². The Morgan fingerprint density at radius 3 is 2.00 bits per heavy atom. The van der Waals surface area contributed by atoms with E-state index in [0.717, 1.165) is 0 Å². The van der Waals surface area contributed by atoms with Gasteiger partial charge in [0, 0.05) is 6.54 Å². The smallest absolute Gasteiger partial charge is 0.0848 e. The Morgan fingerprint density at radius 2 is 1.89 bits per heavy atom. The molecule has 0 heterocycles. The standard InChI is InChI=1S/C5H13N2O2/c1-4-5-6(8)7(2,3)9/h4-5H2,1-3H3/q-1. The maximum Gasteiger partial charge on any atom is 0.0848 e. The van der Waals surface area contributed by atoms with E-state index in [1.807, 2.05) is 6.92 Å². The van der Waals surface area contributed by atoms with Crippen LogP contribution in [-0.4, -0.2) is 30.6 Å². The van der Waals surface area contributed by atoms with E-state index < -0.39 is 4.76 Å². The van der Waals surface area contributed by atoms with Crippen LogP contribution in [0.5, 0.6) is 0 Å². The van der Waals surface area contributed by atoms with Gasteiger partial charge in [0.1, 0.15) is 0 Å². The molecule has 0 aliphatic rings. The summed E-state index contributed by atoms with van der Waals surface area (Å²) in [5.74, 6) is 0. The molecule has 0 aromatic rings. The summed E-state index contributed by atoms with van der Waals surface area (Å²) in [6.45, 7) is 2.16. The van der Waals surface area contributed by atoms with Crippen LogP contribution in [0.25, 0.3) is 0 Å². The minimum absolute atomic E-state index is 0.302. The summed E-state index contributed by atoms with van der Waals surface area (Å²) in [4.78, 5) is 0. The monoisotopic (exact) mass is 133 g/mol. The molecule has 0 fully saturated rings. The lowest BCUT2D eigenvalue weighted by atomic mass is 10.5. The van der Waals surface area contributed by atoms with Gasteiger partial charge in [-0.05, 0) is 6.42 Å². The third-order valence-corrected chi connectivity index (χ3v) is 0.952. The third-order valence-electron chi connectivity index (χ3n) is 0.952. The second-order valence-corrected chi connectivity index (χ2v) is 2.37. The molecule has 0 N–H and O–H groups in total. The molecule has 9 heavy (non-hydrogen) atoms. The van der Waals surface area contributed by atoms with Crippen molar-refractivity contribution >= 4 is 0 Å². The zero-order valence-corrected chi connectivity index (χ0v) is 6.13. The van der Waals surface area contributed by atoms with Crippen LogP contribution >= 0.6 is 0 Å². The van der Waals surface area contributed by atoms with Crippen molar-refractivity contribution in [1.29, 1.82) is 0 Å². The molecule has 0 bridgehead atoms. The van der Waals surface area contributed by atoms with Crippen molar-refractivity contribution in [3.63, 3.8) is 0 Å². The van der Waals surface area contributed by atoms with Gasteiger partial charge in [0.05, 0.1) is 14.1 Å². The van der Waals surface area contributed by atoms with Crippen LogP contribution in [0.2, 0.25) is 0 Å². The molecule has 0 spiro atoms. The Morgan fingerprint density at radius 1 is 1.44 bits per heavy atom. The summed E-state index contributed by atoms with van der Waals surface area (Å²) in [6.07, 6.45) is 0.716. The minimum Gasteiger partial charge on any atom is -0.739 e. The van der Waals surface area contributed by atoms with Crippen LogP contribution in [0.1, 0.15) is 13.3 Å². The molecule has 0 aliphatic heterocycles. The van der Waals surface area contributed by atoms with Gasteiger partial charge in [0.25, 0.3) is 0 Å². The van der Waals surface area contributed by atoms with Crippen molar-refractivity contribution in [2.24, 2.45) is 0 Å². The lowest BCUT2D eigenvalue weighted by Crippen LogP contribution is -2.46. The molecule has 56 valence electrons. The van der Waals surface area contributed by atoms with E-state index in [4.69, 9.17) is 0 Å². The highest BCUT2D eigenvalue weighted by atomic mass is 16.7. The first-order chi connectivity index (χ1) is 3.98. The lowest BCUT2D eigenvalue weighted by molar-refractivity contribution is -0.952. The van der Waals surface area contributed by atoms with Gasteiger partial charge in [-0.25, -0.2) is 5.17 Å². The largest absolute Gasteiger partial charge is 0.739 e. The average Bonchev–Trinajstić information content (AvgIpc) is 1.64. The van der Waals surface area contributed by atoms with Crippen molar-refractivity contribution < 1.29 is 4.76 Å². The second-order valence-electron chi connectivity index (χ2n) is 2.37. The fourth-order valence-electron chi connectivity index (χ4n) is 0.432. The summed E-state index contributed by atoms with van der Waals surface area (Å²) in [5, 5.41) is 21.9. The Labute approximate surface area is 55.4 Å². The van der Waals surface area contributed by atoms with Crippen LogP contribution in [0.15, 0.2) is 0 Å². The highest BCUT2D eigenvalue weighted by Gasteiger charge is 2.02. The topological polar surface area (TPSA) is 49.4 Å². The van der Waals surface area contributed by atoms with Crippen molar-refractivity contribution in [2.45, 2.75) is 13.3 Å². The second kappa shape index (κ2) is 3.12. The van der Waals surface area contributed by atoms with Crippen LogP contribution in [0.4, 0.5) is 0 Å². The zero-order valence-electron chi connectivity index (χ0n) is 6.13. The Bertz CT molecular complexity index is 79.5. The molecule has 0 aromatic heterocycles. The number of rotatable bonds is 3. The first kappa shape index (κ1) is 8.84. The van der Waals surface area contributed by atoms with Crippen LogP contribution in [0, 0.1) is 10.4 Å². The molecule has 0 radical (unpaired) electrons. The van der Waals surface area contributed by atoms with Crippen molar-refractivity contribution in [3.8, 4) is 0 Å². The molecule has 0 amide bonds. The van der Waals surface area contributed by atoms with E-state index in [-0.39, 0.29) is 0 Å². The third kappa shape index (κ3) is 3.42. The first-order valence-electron chi connectivity index (χ1n) is 2.98. The maximum atomic E-state index is 10.7.